The third-order valence-corrected chi connectivity index (χ3v) is 5.95. The van der Waals surface area contributed by atoms with Crippen molar-refractivity contribution in [1.29, 1.82) is 0 Å². The molecule has 0 saturated carbocycles. The van der Waals surface area contributed by atoms with Crippen LogP contribution in [-0.4, -0.2) is 53.2 Å². The van der Waals surface area contributed by atoms with Crippen molar-refractivity contribution in [3.63, 3.8) is 0 Å². The molecule has 7 heteroatoms. The number of ether oxygens (including phenoxy) is 3. The molecule has 0 aliphatic carbocycles. The van der Waals surface area contributed by atoms with E-state index >= 15 is 0 Å². The number of likely N-dealkylation sites (tertiary alicyclic amines) is 1. The van der Waals surface area contributed by atoms with Crippen molar-refractivity contribution >= 4 is 21.8 Å². The molecule has 0 atom stereocenters. The van der Waals surface area contributed by atoms with Gasteiger partial charge in [-0.2, -0.15) is 0 Å². The van der Waals surface area contributed by atoms with E-state index in [1.54, 1.807) is 7.11 Å². The molecule has 1 fully saturated rings. The summed E-state index contributed by atoms with van der Waals surface area (Å²) >= 11 is 0. The molecule has 3 heterocycles. The van der Waals surface area contributed by atoms with Crippen molar-refractivity contribution < 1.29 is 14.2 Å². The van der Waals surface area contributed by atoms with Crippen LogP contribution < -0.4 is 14.2 Å². The molecule has 1 aliphatic rings. The first-order valence-corrected chi connectivity index (χ1v) is 11.2. The van der Waals surface area contributed by atoms with Crippen LogP contribution in [0.3, 0.4) is 0 Å². The van der Waals surface area contributed by atoms with Gasteiger partial charge in [0.05, 0.1) is 24.6 Å². The van der Waals surface area contributed by atoms with Gasteiger partial charge < -0.3 is 24.1 Å². The van der Waals surface area contributed by atoms with E-state index in [2.05, 4.69) is 19.9 Å². The third-order valence-electron chi connectivity index (χ3n) is 5.95. The first-order chi connectivity index (χ1) is 15.8. The normalized spacial score (nSPS) is 14.7. The van der Waals surface area contributed by atoms with Crippen LogP contribution in [0.15, 0.2) is 48.9 Å². The Kier molecular flexibility index (Phi) is 6.07. The Morgan fingerprint density at radius 2 is 1.91 bits per heavy atom. The van der Waals surface area contributed by atoms with E-state index in [4.69, 9.17) is 14.2 Å². The van der Waals surface area contributed by atoms with Gasteiger partial charge in [0.2, 0.25) is 5.88 Å². The first kappa shape index (κ1) is 20.6. The van der Waals surface area contributed by atoms with Crippen LogP contribution >= 0.6 is 0 Å². The average molecular weight is 433 g/mol. The van der Waals surface area contributed by atoms with Crippen LogP contribution in [0, 0.1) is 0 Å². The fraction of sp³-hybridized carbons (Fsp3) is 0.360. The molecule has 166 valence electrons. The lowest BCUT2D eigenvalue weighted by atomic mass is 10.1. The summed E-state index contributed by atoms with van der Waals surface area (Å²) in [5.41, 5.74) is 1.82. The molecule has 2 aromatic carbocycles. The van der Waals surface area contributed by atoms with E-state index in [0.29, 0.717) is 29.7 Å². The van der Waals surface area contributed by atoms with Crippen LogP contribution in [-0.2, 0) is 0 Å². The smallest absolute Gasteiger partial charge is 0.230 e. The summed E-state index contributed by atoms with van der Waals surface area (Å²) < 4.78 is 17.8. The number of aromatic amines is 1. The lowest BCUT2D eigenvalue weighted by Gasteiger charge is -2.26. The number of aromatic nitrogens is 3. The predicted octanol–water partition coefficient (Wildman–Crippen LogP) is 5.17. The summed E-state index contributed by atoms with van der Waals surface area (Å²) in [6, 6.07) is 11.7. The maximum absolute atomic E-state index is 6.11. The number of methoxy groups -OCH3 is 1. The van der Waals surface area contributed by atoms with E-state index in [1.807, 2.05) is 42.6 Å². The summed E-state index contributed by atoms with van der Waals surface area (Å²) in [6.45, 7) is 4.12. The molecule has 1 saturated heterocycles. The Hall–Kier alpha value is -3.32. The van der Waals surface area contributed by atoms with Gasteiger partial charge in [-0.1, -0.05) is 6.42 Å². The molecule has 5 rings (SSSR count). The molecule has 7 nitrogen and oxygen atoms in total. The standard InChI is InChI=1S/C25H28N4O3/c1-30-23-15-20-22(16-24(23)31-13-5-12-29-10-3-2-4-11-29)27-17-28-25(20)32-19-6-7-21-18(14-19)8-9-26-21/h6-9,14-17,26H,2-5,10-13H2,1H3. The summed E-state index contributed by atoms with van der Waals surface area (Å²) in [7, 11) is 1.64. The number of hydrogen-bond acceptors (Lipinski definition) is 6. The van der Waals surface area contributed by atoms with Crippen LogP contribution in [0.25, 0.3) is 21.8 Å². The van der Waals surface area contributed by atoms with E-state index in [0.717, 1.165) is 34.8 Å². The zero-order valence-corrected chi connectivity index (χ0v) is 18.3. The summed E-state index contributed by atoms with van der Waals surface area (Å²) in [5, 5.41) is 1.86. The number of benzene rings is 2. The van der Waals surface area contributed by atoms with Gasteiger partial charge in [0.25, 0.3) is 0 Å². The molecule has 1 N–H and O–H groups in total. The second kappa shape index (κ2) is 9.44. The second-order valence-corrected chi connectivity index (χ2v) is 8.13. The zero-order valence-electron chi connectivity index (χ0n) is 18.3. The second-order valence-electron chi connectivity index (χ2n) is 8.13. The fourth-order valence-electron chi connectivity index (χ4n) is 4.25. The number of hydrogen-bond donors (Lipinski definition) is 1. The van der Waals surface area contributed by atoms with Gasteiger partial charge in [0.15, 0.2) is 11.5 Å². The highest BCUT2D eigenvalue weighted by molar-refractivity contribution is 5.87. The molecule has 0 bridgehead atoms. The predicted molar refractivity (Wildman–Crippen MR) is 125 cm³/mol. The lowest BCUT2D eigenvalue weighted by molar-refractivity contribution is 0.203. The quantitative estimate of drug-likeness (QED) is 0.388. The van der Waals surface area contributed by atoms with Crippen LogP contribution in [0.5, 0.6) is 23.1 Å². The topological polar surface area (TPSA) is 72.5 Å². The maximum Gasteiger partial charge on any atom is 0.230 e. The third kappa shape index (κ3) is 4.48. The van der Waals surface area contributed by atoms with E-state index in [1.165, 1.54) is 38.7 Å². The van der Waals surface area contributed by atoms with Gasteiger partial charge in [-0.25, -0.2) is 9.97 Å². The van der Waals surface area contributed by atoms with Crippen LogP contribution in [0.2, 0.25) is 0 Å². The van der Waals surface area contributed by atoms with Crippen molar-refractivity contribution in [2.24, 2.45) is 0 Å². The van der Waals surface area contributed by atoms with Gasteiger partial charge in [0, 0.05) is 29.7 Å². The van der Waals surface area contributed by atoms with E-state index in [9.17, 15) is 0 Å². The Morgan fingerprint density at radius 3 is 2.78 bits per heavy atom. The average Bonchev–Trinajstić information content (AvgIpc) is 3.30. The molecule has 2 aromatic heterocycles. The van der Waals surface area contributed by atoms with Crippen LogP contribution in [0.4, 0.5) is 0 Å². The molecule has 4 aromatic rings. The van der Waals surface area contributed by atoms with Gasteiger partial charge in [0.1, 0.15) is 12.1 Å². The summed E-state index contributed by atoms with van der Waals surface area (Å²) in [6.07, 6.45) is 8.38. The highest BCUT2D eigenvalue weighted by Gasteiger charge is 2.14. The highest BCUT2D eigenvalue weighted by Crippen LogP contribution is 2.36. The minimum Gasteiger partial charge on any atom is -0.493 e. The molecule has 0 unspecified atom stereocenters. The van der Waals surface area contributed by atoms with Gasteiger partial charge >= 0.3 is 0 Å². The molecule has 1 aliphatic heterocycles. The molecular formula is C25H28N4O3. The monoisotopic (exact) mass is 432 g/mol. The van der Waals surface area contributed by atoms with Crippen LogP contribution in [0.1, 0.15) is 25.7 Å². The number of nitrogens with zero attached hydrogens (tertiary/aromatic N) is 3. The Labute approximate surface area is 187 Å². The Balaban J connectivity index is 1.32. The lowest BCUT2D eigenvalue weighted by Crippen LogP contribution is -2.31. The molecule has 0 amide bonds. The molecule has 0 spiro atoms. The Morgan fingerprint density at radius 1 is 1.00 bits per heavy atom. The van der Waals surface area contributed by atoms with Gasteiger partial charge in [-0.05, 0) is 62.7 Å². The summed E-state index contributed by atoms with van der Waals surface area (Å²) in [5.74, 6) is 2.54. The minimum absolute atomic E-state index is 0.486. The minimum atomic E-state index is 0.486. The maximum atomic E-state index is 6.11. The fourth-order valence-corrected chi connectivity index (χ4v) is 4.25. The highest BCUT2D eigenvalue weighted by atomic mass is 16.5. The molecule has 0 radical (unpaired) electrons. The molecule has 32 heavy (non-hydrogen) atoms. The van der Waals surface area contributed by atoms with Crippen molar-refractivity contribution in [3.8, 4) is 23.1 Å². The number of piperidine rings is 1. The number of H-pyrrole nitrogens is 1. The van der Waals surface area contributed by atoms with Gasteiger partial charge in [-0.15, -0.1) is 0 Å². The van der Waals surface area contributed by atoms with Gasteiger partial charge in [-0.3, -0.25) is 0 Å². The number of rotatable bonds is 8. The van der Waals surface area contributed by atoms with Crippen molar-refractivity contribution in [2.75, 3.05) is 33.4 Å². The van der Waals surface area contributed by atoms with Crippen molar-refractivity contribution in [1.82, 2.24) is 19.9 Å². The first-order valence-electron chi connectivity index (χ1n) is 11.2. The van der Waals surface area contributed by atoms with E-state index < -0.39 is 0 Å². The Bertz CT molecular complexity index is 1200. The number of fused-ring (bicyclic) bond motifs is 2. The SMILES string of the molecule is COc1cc2c(Oc3ccc4[nH]ccc4c3)ncnc2cc1OCCCN1CCCCC1. The summed E-state index contributed by atoms with van der Waals surface area (Å²) in [4.78, 5) is 14.5. The van der Waals surface area contributed by atoms with Crippen molar-refractivity contribution in [3.05, 3.63) is 48.9 Å². The zero-order chi connectivity index (χ0) is 21.8. The van der Waals surface area contributed by atoms with Crippen molar-refractivity contribution in [2.45, 2.75) is 25.7 Å². The molecular weight excluding hydrogens is 404 g/mol. The van der Waals surface area contributed by atoms with E-state index in [-0.39, 0.29) is 0 Å². The number of nitrogens with one attached hydrogen (secondary N) is 1. The largest absolute Gasteiger partial charge is 0.493 e.